The van der Waals surface area contributed by atoms with Gasteiger partial charge in [-0.1, -0.05) is 72.8 Å². The highest BCUT2D eigenvalue weighted by Gasteiger charge is 2.23. The van der Waals surface area contributed by atoms with Gasteiger partial charge in [0.2, 0.25) is 0 Å². The summed E-state index contributed by atoms with van der Waals surface area (Å²) in [6.45, 7) is 0. The molecule has 0 amide bonds. The van der Waals surface area contributed by atoms with Crippen molar-refractivity contribution in [2.24, 2.45) is 0 Å². The van der Waals surface area contributed by atoms with Crippen LogP contribution in [0.25, 0.3) is 39.2 Å². The summed E-state index contributed by atoms with van der Waals surface area (Å²) < 4.78 is 6.73. The van der Waals surface area contributed by atoms with Gasteiger partial charge in [-0.05, 0) is 35.4 Å². The smallest absolute Gasteiger partial charge is 0.284 e. The monoisotopic (exact) mass is 501 g/mol. The molecule has 0 fully saturated rings. The van der Waals surface area contributed by atoms with Crippen LogP contribution in [0.1, 0.15) is 0 Å². The lowest BCUT2D eigenvalue weighted by Gasteiger charge is -2.13. The highest BCUT2D eigenvalue weighted by Crippen LogP contribution is 2.36. The number of rotatable bonds is 6. The minimum atomic E-state index is -0.297. The van der Waals surface area contributed by atoms with E-state index in [2.05, 4.69) is 20.5 Å². The van der Waals surface area contributed by atoms with Crippen molar-refractivity contribution in [2.75, 3.05) is 18.2 Å². The van der Waals surface area contributed by atoms with Crippen LogP contribution < -0.4 is 21.3 Å². The Bertz CT molecular complexity index is 1780. The molecule has 0 aliphatic carbocycles. The number of nitrogens with two attached hydrogens (primary N) is 1. The molecule has 4 N–H and O–H groups in total. The predicted molar refractivity (Wildman–Crippen MR) is 148 cm³/mol. The minimum absolute atomic E-state index is 0.296. The fourth-order valence-electron chi connectivity index (χ4n) is 4.41. The van der Waals surface area contributed by atoms with Gasteiger partial charge in [-0.2, -0.15) is 9.61 Å². The first-order chi connectivity index (χ1) is 18.6. The molecule has 6 aromatic rings. The molecule has 0 radical (unpaired) electrons. The first kappa shape index (κ1) is 23.0. The number of nitrogens with zero attached hydrogens (tertiary/aromatic N) is 4. The van der Waals surface area contributed by atoms with Crippen molar-refractivity contribution in [1.82, 2.24) is 24.8 Å². The van der Waals surface area contributed by atoms with E-state index in [0.29, 0.717) is 45.7 Å². The van der Waals surface area contributed by atoms with Crippen LogP contribution in [0.15, 0.2) is 102 Å². The molecule has 3 heterocycles. The lowest BCUT2D eigenvalue weighted by molar-refractivity contribution is 0.415. The van der Waals surface area contributed by atoms with E-state index in [9.17, 15) is 4.79 Å². The summed E-state index contributed by atoms with van der Waals surface area (Å²) in [6, 6.07) is 30.3. The zero-order chi connectivity index (χ0) is 26.1. The average Bonchev–Trinajstić information content (AvgIpc) is 3.35. The second-order valence-corrected chi connectivity index (χ2v) is 8.59. The topological polar surface area (TPSA) is 123 Å². The Morgan fingerprint density at radius 1 is 0.789 bits per heavy atom. The van der Waals surface area contributed by atoms with Crippen molar-refractivity contribution >= 4 is 23.1 Å². The standard InChI is InChI=1S/C29H23N7O2/c1-38-21-14-12-19(13-15-21)25-27(31-23-17-16-22(30)33-34-23)32-28-24(18-8-4-2-5-9-18)26(35-36(28)29(25)37)20-10-6-3-7-11-20/h2-17,32H,1H3,(H2,30,33)(H,31,34). The molecule has 0 saturated carbocycles. The Hall–Kier alpha value is -5.44. The largest absolute Gasteiger partial charge is 0.497 e. The van der Waals surface area contributed by atoms with Crippen LogP contribution >= 0.6 is 0 Å². The molecule has 9 heteroatoms. The Labute approximate surface area is 217 Å². The fraction of sp³-hybridized carbons (Fsp3) is 0.0345. The van der Waals surface area contributed by atoms with Gasteiger partial charge in [0.1, 0.15) is 28.7 Å². The molecule has 38 heavy (non-hydrogen) atoms. The summed E-state index contributed by atoms with van der Waals surface area (Å²) in [6.07, 6.45) is 0. The quantitative estimate of drug-likeness (QED) is 0.288. The average molecular weight is 502 g/mol. The van der Waals surface area contributed by atoms with Crippen LogP contribution in [0.3, 0.4) is 0 Å². The minimum Gasteiger partial charge on any atom is -0.497 e. The molecular formula is C29H23N7O2. The number of nitrogen functional groups attached to an aromatic ring is 1. The number of hydrogen-bond acceptors (Lipinski definition) is 7. The molecule has 0 spiro atoms. The lowest BCUT2D eigenvalue weighted by atomic mass is 10.0. The number of methoxy groups -OCH3 is 1. The summed E-state index contributed by atoms with van der Waals surface area (Å²) in [7, 11) is 1.60. The van der Waals surface area contributed by atoms with Crippen LogP contribution in [0, 0.1) is 0 Å². The molecule has 6 rings (SSSR count). The lowest BCUT2D eigenvalue weighted by Crippen LogP contribution is -2.20. The van der Waals surface area contributed by atoms with Gasteiger partial charge in [-0.3, -0.25) is 4.79 Å². The number of aromatic amines is 1. The van der Waals surface area contributed by atoms with E-state index in [1.807, 2.05) is 72.8 Å². The van der Waals surface area contributed by atoms with E-state index in [4.69, 9.17) is 15.6 Å². The molecule has 0 bridgehead atoms. The maximum atomic E-state index is 14.1. The van der Waals surface area contributed by atoms with Crippen molar-refractivity contribution < 1.29 is 4.74 Å². The first-order valence-corrected chi connectivity index (χ1v) is 11.9. The highest BCUT2D eigenvalue weighted by molar-refractivity contribution is 5.92. The van der Waals surface area contributed by atoms with Crippen molar-refractivity contribution in [3.8, 4) is 39.3 Å². The predicted octanol–water partition coefficient (Wildman–Crippen LogP) is 5.15. The molecule has 0 atom stereocenters. The molecule has 3 aromatic heterocycles. The molecule has 0 unspecified atom stereocenters. The normalized spacial score (nSPS) is 11.0. The zero-order valence-electron chi connectivity index (χ0n) is 20.4. The molecule has 0 saturated heterocycles. The third kappa shape index (κ3) is 4.11. The number of ether oxygens (including phenoxy) is 1. The van der Waals surface area contributed by atoms with E-state index in [1.54, 1.807) is 31.4 Å². The van der Waals surface area contributed by atoms with Crippen LogP contribution in [0.5, 0.6) is 5.75 Å². The SMILES string of the molecule is COc1ccc(-c2c(Nc3ccc(N)nn3)[nH]c3c(-c4ccccc4)c(-c4ccccc4)nn3c2=O)cc1. The van der Waals surface area contributed by atoms with Crippen molar-refractivity contribution in [1.29, 1.82) is 0 Å². The van der Waals surface area contributed by atoms with Gasteiger partial charge in [-0.25, -0.2) is 0 Å². The Kier molecular flexibility index (Phi) is 5.78. The maximum Gasteiger partial charge on any atom is 0.284 e. The van der Waals surface area contributed by atoms with Crippen molar-refractivity contribution in [2.45, 2.75) is 0 Å². The molecule has 9 nitrogen and oxygen atoms in total. The summed E-state index contributed by atoms with van der Waals surface area (Å²) in [5.41, 5.74) is 10.4. The Balaban J connectivity index is 1.66. The van der Waals surface area contributed by atoms with Gasteiger partial charge in [-0.15, -0.1) is 10.2 Å². The number of anilines is 3. The van der Waals surface area contributed by atoms with E-state index in [1.165, 1.54) is 4.52 Å². The molecule has 186 valence electrons. The second kappa shape index (κ2) is 9.55. The summed E-state index contributed by atoms with van der Waals surface area (Å²) >= 11 is 0. The second-order valence-electron chi connectivity index (χ2n) is 8.59. The van der Waals surface area contributed by atoms with E-state index < -0.39 is 0 Å². The van der Waals surface area contributed by atoms with Crippen molar-refractivity contribution in [3.05, 3.63) is 107 Å². The van der Waals surface area contributed by atoms with Gasteiger partial charge in [0.05, 0.1) is 18.2 Å². The number of nitrogens with one attached hydrogen (secondary N) is 2. The first-order valence-electron chi connectivity index (χ1n) is 11.9. The van der Waals surface area contributed by atoms with Crippen LogP contribution in [0.2, 0.25) is 0 Å². The fourth-order valence-corrected chi connectivity index (χ4v) is 4.41. The Morgan fingerprint density at radius 2 is 1.45 bits per heavy atom. The van der Waals surface area contributed by atoms with Crippen LogP contribution in [0.4, 0.5) is 17.5 Å². The summed E-state index contributed by atoms with van der Waals surface area (Å²) in [5, 5.41) is 16.1. The highest BCUT2D eigenvalue weighted by atomic mass is 16.5. The molecular weight excluding hydrogens is 478 g/mol. The van der Waals surface area contributed by atoms with Gasteiger partial charge in [0.25, 0.3) is 5.56 Å². The number of H-pyrrole nitrogens is 1. The molecule has 3 aromatic carbocycles. The van der Waals surface area contributed by atoms with Gasteiger partial charge in [0.15, 0.2) is 5.82 Å². The van der Waals surface area contributed by atoms with Gasteiger partial charge in [0, 0.05) is 5.56 Å². The molecule has 0 aliphatic rings. The van der Waals surface area contributed by atoms with E-state index in [-0.39, 0.29) is 5.56 Å². The summed E-state index contributed by atoms with van der Waals surface area (Å²) in [4.78, 5) is 17.6. The van der Waals surface area contributed by atoms with E-state index in [0.717, 1.165) is 16.7 Å². The Morgan fingerprint density at radius 3 is 2.08 bits per heavy atom. The third-order valence-electron chi connectivity index (χ3n) is 6.21. The zero-order valence-corrected chi connectivity index (χ0v) is 20.4. The van der Waals surface area contributed by atoms with Gasteiger partial charge >= 0.3 is 0 Å². The summed E-state index contributed by atoms with van der Waals surface area (Å²) in [5.74, 6) is 1.85. The van der Waals surface area contributed by atoms with Crippen LogP contribution in [-0.4, -0.2) is 31.9 Å². The van der Waals surface area contributed by atoms with Crippen LogP contribution in [-0.2, 0) is 0 Å². The third-order valence-corrected chi connectivity index (χ3v) is 6.21. The van der Waals surface area contributed by atoms with Gasteiger partial charge < -0.3 is 20.8 Å². The number of hydrogen-bond donors (Lipinski definition) is 3. The molecule has 0 aliphatic heterocycles. The van der Waals surface area contributed by atoms with E-state index >= 15 is 0 Å². The number of aromatic nitrogens is 5. The number of fused-ring (bicyclic) bond motifs is 1. The number of benzene rings is 3. The maximum absolute atomic E-state index is 14.1. The van der Waals surface area contributed by atoms with Crippen molar-refractivity contribution in [3.63, 3.8) is 0 Å².